The number of likely N-dealkylation sites (tertiary alicyclic amines) is 1. The highest BCUT2D eigenvalue weighted by Crippen LogP contribution is 2.24. The van der Waals surface area contributed by atoms with Gasteiger partial charge < -0.3 is 20.6 Å². The molecule has 9 heteroatoms. The molecule has 1 unspecified atom stereocenters. The number of rotatable bonds is 9. The summed E-state index contributed by atoms with van der Waals surface area (Å²) in [6.45, 7) is 3.57. The Bertz CT molecular complexity index is 1260. The normalized spacial score (nSPS) is 18.5. The standard InChI is InChI=1S/C27H34N6O3/c1-32-24-9-6-20(15-21(24)16-29-32)26(34)31-23(27(35)36)11-14-33-13-10-18(17-33)4-7-22-8-5-19-3-2-12-28-25(19)30-22/h5-6,8-9,15-16,18,23H,2-4,7,10-14,17H2,1H3,(H,28,30)(H,31,34)(H,35,36)/t18-,23?/m1/s1. The first kappa shape index (κ1) is 24.2. The van der Waals surface area contributed by atoms with Gasteiger partial charge in [0.05, 0.1) is 11.7 Å². The number of aliphatic carboxylic acids is 1. The summed E-state index contributed by atoms with van der Waals surface area (Å²) in [5.41, 5.74) is 3.81. The van der Waals surface area contributed by atoms with Crippen LogP contribution in [0.1, 0.15) is 47.3 Å². The number of carbonyl (C=O) groups is 2. The van der Waals surface area contributed by atoms with Gasteiger partial charge >= 0.3 is 5.97 Å². The van der Waals surface area contributed by atoms with E-state index in [-0.39, 0.29) is 5.91 Å². The molecule has 2 atom stereocenters. The zero-order chi connectivity index (χ0) is 25.1. The highest BCUT2D eigenvalue weighted by molar-refractivity contribution is 5.99. The predicted molar refractivity (Wildman–Crippen MR) is 138 cm³/mol. The van der Waals surface area contributed by atoms with Crippen LogP contribution < -0.4 is 10.6 Å². The molecule has 2 aromatic heterocycles. The number of carboxylic acid groups (broad SMARTS) is 1. The van der Waals surface area contributed by atoms with Crippen molar-refractivity contribution >= 4 is 28.6 Å². The van der Waals surface area contributed by atoms with Crippen molar-refractivity contribution in [3.05, 3.63) is 53.3 Å². The van der Waals surface area contributed by atoms with Gasteiger partial charge in [-0.15, -0.1) is 0 Å². The molecule has 0 radical (unpaired) electrons. The fourth-order valence-corrected chi connectivity index (χ4v) is 5.33. The van der Waals surface area contributed by atoms with Crippen LogP contribution in [0, 0.1) is 5.92 Å². The van der Waals surface area contributed by atoms with Crippen LogP contribution in [0.5, 0.6) is 0 Å². The fraction of sp³-hybridized carbons (Fsp3) is 0.481. The van der Waals surface area contributed by atoms with Crippen LogP contribution in [-0.4, -0.2) is 68.9 Å². The van der Waals surface area contributed by atoms with Crippen molar-refractivity contribution in [3.8, 4) is 0 Å². The van der Waals surface area contributed by atoms with Gasteiger partial charge in [-0.1, -0.05) is 6.07 Å². The van der Waals surface area contributed by atoms with Gasteiger partial charge in [0.1, 0.15) is 11.9 Å². The minimum absolute atomic E-state index is 0.375. The highest BCUT2D eigenvalue weighted by atomic mass is 16.4. The maximum atomic E-state index is 12.7. The zero-order valence-corrected chi connectivity index (χ0v) is 20.7. The molecule has 1 aromatic carbocycles. The minimum Gasteiger partial charge on any atom is -0.480 e. The first-order valence-electron chi connectivity index (χ1n) is 12.9. The largest absolute Gasteiger partial charge is 0.480 e. The van der Waals surface area contributed by atoms with E-state index in [1.807, 2.05) is 13.1 Å². The minimum atomic E-state index is -1.01. The van der Waals surface area contributed by atoms with Crippen molar-refractivity contribution in [2.45, 2.75) is 44.6 Å². The van der Waals surface area contributed by atoms with Gasteiger partial charge in [-0.3, -0.25) is 9.48 Å². The van der Waals surface area contributed by atoms with Crippen molar-refractivity contribution in [2.75, 3.05) is 31.5 Å². The number of benzene rings is 1. The number of hydrogen-bond acceptors (Lipinski definition) is 6. The van der Waals surface area contributed by atoms with Crippen LogP contribution in [0.3, 0.4) is 0 Å². The average molecular weight is 491 g/mol. The van der Waals surface area contributed by atoms with Gasteiger partial charge in [-0.2, -0.15) is 5.10 Å². The molecule has 9 nitrogen and oxygen atoms in total. The van der Waals surface area contributed by atoms with Crippen molar-refractivity contribution in [3.63, 3.8) is 0 Å². The molecule has 0 aliphatic carbocycles. The maximum absolute atomic E-state index is 12.7. The second-order valence-electron chi connectivity index (χ2n) is 10.0. The third-order valence-corrected chi connectivity index (χ3v) is 7.48. The summed E-state index contributed by atoms with van der Waals surface area (Å²) in [5.74, 6) is 0.252. The maximum Gasteiger partial charge on any atom is 0.326 e. The van der Waals surface area contributed by atoms with E-state index in [4.69, 9.17) is 4.98 Å². The number of fused-ring (bicyclic) bond motifs is 2. The van der Waals surface area contributed by atoms with E-state index >= 15 is 0 Å². The van der Waals surface area contributed by atoms with E-state index in [0.29, 0.717) is 24.4 Å². The van der Waals surface area contributed by atoms with E-state index in [1.54, 1.807) is 23.0 Å². The molecule has 5 rings (SSSR count). The number of hydrogen-bond donors (Lipinski definition) is 3. The van der Waals surface area contributed by atoms with Crippen molar-refractivity contribution < 1.29 is 14.7 Å². The molecule has 0 bridgehead atoms. The van der Waals surface area contributed by atoms with Crippen LogP contribution >= 0.6 is 0 Å². The number of nitrogens with one attached hydrogen (secondary N) is 2. The lowest BCUT2D eigenvalue weighted by molar-refractivity contribution is -0.139. The Kier molecular flexibility index (Phi) is 7.18. The predicted octanol–water partition coefficient (Wildman–Crippen LogP) is 2.85. The van der Waals surface area contributed by atoms with Crippen molar-refractivity contribution in [1.82, 2.24) is 25.0 Å². The quantitative estimate of drug-likeness (QED) is 0.423. The van der Waals surface area contributed by atoms with Crippen molar-refractivity contribution in [1.29, 1.82) is 0 Å². The van der Waals surface area contributed by atoms with E-state index in [2.05, 4.69) is 32.8 Å². The number of aryl methyl sites for hydroxylation is 3. The number of anilines is 1. The van der Waals surface area contributed by atoms with Gasteiger partial charge in [0.2, 0.25) is 0 Å². The van der Waals surface area contributed by atoms with E-state index in [0.717, 1.165) is 67.7 Å². The van der Waals surface area contributed by atoms with Crippen LogP contribution in [0.25, 0.3) is 10.9 Å². The lowest BCUT2D eigenvalue weighted by Gasteiger charge is -2.20. The third-order valence-electron chi connectivity index (χ3n) is 7.48. The lowest BCUT2D eigenvalue weighted by atomic mass is 10.00. The van der Waals surface area contributed by atoms with Crippen LogP contribution in [0.2, 0.25) is 0 Å². The Balaban J connectivity index is 1.09. The summed E-state index contributed by atoms with van der Waals surface area (Å²) < 4.78 is 1.74. The summed E-state index contributed by atoms with van der Waals surface area (Å²) in [5, 5.41) is 20.9. The van der Waals surface area contributed by atoms with Gasteiger partial charge in [0, 0.05) is 43.3 Å². The van der Waals surface area contributed by atoms with Crippen LogP contribution in [-0.2, 0) is 24.7 Å². The molecule has 3 N–H and O–H groups in total. The van der Waals surface area contributed by atoms with Crippen LogP contribution in [0.15, 0.2) is 36.5 Å². The average Bonchev–Trinajstić information content (AvgIpc) is 3.50. The molecule has 1 amide bonds. The van der Waals surface area contributed by atoms with Crippen molar-refractivity contribution in [2.24, 2.45) is 13.0 Å². The fourth-order valence-electron chi connectivity index (χ4n) is 5.33. The zero-order valence-electron chi connectivity index (χ0n) is 20.7. The molecule has 2 aliphatic rings. The number of amides is 1. The van der Waals surface area contributed by atoms with Gasteiger partial charge in [-0.25, -0.2) is 9.78 Å². The topological polar surface area (TPSA) is 112 Å². The third kappa shape index (κ3) is 5.51. The molecule has 190 valence electrons. The van der Waals surface area contributed by atoms with Gasteiger partial charge in [0.15, 0.2) is 0 Å². The summed E-state index contributed by atoms with van der Waals surface area (Å²) in [6, 6.07) is 8.72. The molecule has 2 aliphatic heterocycles. The first-order valence-corrected chi connectivity index (χ1v) is 12.9. The molecule has 0 spiro atoms. The van der Waals surface area contributed by atoms with Gasteiger partial charge in [-0.05, 0) is 80.8 Å². The molecular formula is C27H34N6O3. The number of aromatic nitrogens is 3. The van der Waals surface area contributed by atoms with Crippen LogP contribution in [0.4, 0.5) is 5.82 Å². The SMILES string of the molecule is Cn1ncc2cc(C(=O)NC(CCN3CC[C@@H](CCc4ccc5c(n4)NCCC5)C3)C(=O)O)ccc21. The molecule has 1 saturated heterocycles. The Morgan fingerprint density at radius 3 is 3.03 bits per heavy atom. The second kappa shape index (κ2) is 10.7. The molecule has 0 saturated carbocycles. The first-order chi connectivity index (χ1) is 17.5. The van der Waals surface area contributed by atoms with E-state index in [1.165, 1.54) is 12.0 Å². The number of pyridine rings is 1. The molecule has 1 fully saturated rings. The monoisotopic (exact) mass is 490 g/mol. The smallest absolute Gasteiger partial charge is 0.326 e. The lowest BCUT2D eigenvalue weighted by Crippen LogP contribution is -2.43. The Morgan fingerprint density at radius 1 is 1.28 bits per heavy atom. The molecular weight excluding hydrogens is 456 g/mol. The molecule has 36 heavy (non-hydrogen) atoms. The number of carbonyl (C=O) groups excluding carboxylic acids is 1. The number of nitrogens with zero attached hydrogens (tertiary/aromatic N) is 4. The van der Waals surface area contributed by atoms with E-state index < -0.39 is 12.0 Å². The van der Waals surface area contributed by atoms with Gasteiger partial charge in [0.25, 0.3) is 5.91 Å². The van der Waals surface area contributed by atoms with E-state index in [9.17, 15) is 14.7 Å². The summed E-state index contributed by atoms with van der Waals surface area (Å²) in [4.78, 5) is 31.7. The summed E-state index contributed by atoms with van der Waals surface area (Å²) in [7, 11) is 1.84. The molecule has 4 heterocycles. The highest BCUT2D eigenvalue weighted by Gasteiger charge is 2.26. The Morgan fingerprint density at radius 2 is 2.17 bits per heavy atom. The molecule has 3 aromatic rings. The summed E-state index contributed by atoms with van der Waals surface area (Å²) in [6.07, 6.45) is 7.49. The Labute approximate surface area is 210 Å². The second-order valence-corrected chi connectivity index (χ2v) is 10.0. The Hall–Kier alpha value is -3.46. The summed E-state index contributed by atoms with van der Waals surface area (Å²) >= 11 is 0. The number of carboxylic acids is 1.